The van der Waals surface area contributed by atoms with Crippen LogP contribution in [0.15, 0.2) is 22.9 Å². The van der Waals surface area contributed by atoms with Gasteiger partial charge in [-0.2, -0.15) is 0 Å². The zero-order chi connectivity index (χ0) is 12.7. The second kappa shape index (κ2) is 7.43. The molecule has 1 atom stereocenters. The van der Waals surface area contributed by atoms with E-state index in [1.54, 1.807) is 18.3 Å². The summed E-state index contributed by atoms with van der Waals surface area (Å²) in [5, 5.41) is 2.98. The third-order valence-electron chi connectivity index (χ3n) is 2.61. The number of rotatable bonds is 6. The molecule has 3 nitrogen and oxygen atoms in total. The topological polar surface area (TPSA) is 42.0 Å². The normalized spacial score (nSPS) is 12.2. The number of hydrogen-bond donors (Lipinski definition) is 1. The van der Waals surface area contributed by atoms with Crippen LogP contribution in [0.3, 0.4) is 0 Å². The van der Waals surface area contributed by atoms with Gasteiger partial charge in [-0.15, -0.1) is 0 Å². The van der Waals surface area contributed by atoms with Crippen molar-refractivity contribution in [3.05, 3.63) is 28.5 Å². The van der Waals surface area contributed by atoms with Crippen LogP contribution in [0.2, 0.25) is 0 Å². The summed E-state index contributed by atoms with van der Waals surface area (Å²) in [4.78, 5) is 15.9. The maximum Gasteiger partial charge on any atom is 0.253 e. The van der Waals surface area contributed by atoms with Crippen LogP contribution in [0, 0.1) is 0 Å². The summed E-state index contributed by atoms with van der Waals surface area (Å²) < 4.78 is 0.741. The van der Waals surface area contributed by atoms with Crippen LogP contribution in [0.4, 0.5) is 0 Å². The van der Waals surface area contributed by atoms with Gasteiger partial charge in [0.2, 0.25) is 0 Å². The fourth-order valence-corrected chi connectivity index (χ4v) is 1.82. The van der Waals surface area contributed by atoms with Crippen molar-refractivity contribution < 1.29 is 4.79 Å². The number of unbranched alkanes of at least 4 members (excludes halogenated alkanes) is 2. The van der Waals surface area contributed by atoms with E-state index in [1.807, 2.05) is 6.92 Å². The van der Waals surface area contributed by atoms with Crippen LogP contribution < -0.4 is 5.32 Å². The second-order valence-corrected chi connectivity index (χ2v) is 5.05. The smallest absolute Gasteiger partial charge is 0.253 e. The molecule has 17 heavy (non-hydrogen) atoms. The molecule has 1 N–H and O–H groups in total. The highest BCUT2D eigenvalue weighted by Gasteiger charge is 2.09. The molecule has 0 spiro atoms. The minimum absolute atomic E-state index is 0.0472. The molecule has 0 aliphatic carbocycles. The lowest BCUT2D eigenvalue weighted by Crippen LogP contribution is -2.32. The van der Waals surface area contributed by atoms with Gasteiger partial charge in [0, 0.05) is 12.2 Å². The molecule has 1 unspecified atom stereocenters. The first-order valence-corrected chi connectivity index (χ1v) is 6.85. The van der Waals surface area contributed by atoms with E-state index in [0.717, 1.165) is 17.4 Å². The predicted molar refractivity (Wildman–Crippen MR) is 73.0 cm³/mol. The Hall–Kier alpha value is -0.900. The van der Waals surface area contributed by atoms with Crippen LogP contribution in [0.5, 0.6) is 0 Å². The molecule has 1 amide bonds. The Labute approximate surface area is 111 Å². The van der Waals surface area contributed by atoms with Crippen molar-refractivity contribution >= 4 is 21.8 Å². The number of carbonyl (C=O) groups is 1. The quantitative estimate of drug-likeness (QED) is 0.645. The first kappa shape index (κ1) is 14.2. The van der Waals surface area contributed by atoms with Crippen molar-refractivity contribution in [1.29, 1.82) is 0 Å². The molecule has 1 aromatic heterocycles. The van der Waals surface area contributed by atoms with E-state index in [1.165, 1.54) is 12.8 Å². The molecular weight excluding hydrogens is 280 g/mol. The summed E-state index contributed by atoms with van der Waals surface area (Å²) in [6, 6.07) is 3.76. The summed E-state index contributed by atoms with van der Waals surface area (Å²) in [5.41, 5.74) is 0.607. The highest BCUT2D eigenvalue weighted by atomic mass is 79.9. The molecule has 0 aliphatic heterocycles. The third-order valence-corrected chi connectivity index (χ3v) is 3.08. The van der Waals surface area contributed by atoms with E-state index in [2.05, 4.69) is 33.2 Å². The zero-order valence-corrected chi connectivity index (χ0v) is 12.0. The van der Waals surface area contributed by atoms with Crippen molar-refractivity contribution in [2.75, 3.05) is 0 Å². The van der Waals surface area contributed by atoms with E-state index in [9.17, 15) is 4.79 Å². The minimum Gasteiger partial charge on any atom is -0.350 e. The molecule has 0 bridgehead atoms. The largest absolute Gasteiger partial charge is 0.350 e. The van der Waals surface area contributed by atoms with Crippen molar-refractivity contribution in [1.82, 2.24) is 10.3 Å². The number of hydrogen-bond acceptors (Lipinski definition) is 2. The number of amides is 1. The van der Waals surface area contributed by atoms with Gasteiger partial charge >= 0.3 is 0 Å². The number of halogens is 1. The molecule has 1 heterocycles. The van der Waals surface area contributed by atoms with Gasteiger partial charge in [-0.05, 0) is 41.4 Å². The van der Waals surface area contributed by atoms with Gasteiger partial charge < -0.3 is 5.32 Å². The average molecular weight is 299 g/mol. The summed E-state index contributed by atoms with van der Waals surface area (Å²) in [7, 11) is 0. The Balaban J connectivity index is 2.40. The fraction of sp³-hybridized carbons (Fsp3) is 0.538. The Morgan fingerprint density at radius 1 is 1.47 bits per heavy atom. The number of nitrogens with zero attached hydrogens (tertiary/aromatic N) is 1. The monoisotopic (exact) mass is 298 g/mol. The molecular formula is C13H19BrN2O. The SMILES string of the molecule is CCCCCC(C)NC(=O)c1ccc(Br)nc1. The lowest BCUT2D eigenvalue weighted by Gasteiger charge is -2.13. The van der Waals surface area contributed by atoms with E-state index in [0.29, 0.717) is 5.56 Å². The highest BCUT2D eigenvalue weighted by Crippen LogP contribution is 2.07. The summed E-state index contributed by atoms with van der Waals surface area (Å²) >= 11 is 3.24. The maximum atomic E-state index is 11.8. The van der Waals surface area contributed by atoms with Crippen LogP contribution >= 0.6 is 15.9 Å². The predicted octanol–water partition coefficient (Wildman–Crippen LogP) is 3.54. The summed E-state index contributed by atoms with van der Waals surface area (Å²) in [6.45, 7) is 4.22. The van der Waals surface area contributed by atoms with E-state index >= 15 is 0 Å². The number of nitrogens with one attached hydrogen (secondary N) is 1. The molecule has 0 aromatic carbocycles. The first-order valence-electron chi connectivity index (χ1n) is 6.06. The third kappa shape index (κ3) is 5.31. The lowest BCUT2D eigenvalue weighted by atomic mass is 10.1. The molecule has 0 radical (unpaired) electrons. The Kier molecular flexibility index (Phi) is 6.19. The van der Waals surface area contributed by atoms with Gasteiger partial charge in [0.1, 0.15) is 4.60 Å². The van der Waals surface area contributed by atoms with Gasteiger partial charge in [-0.3, -0.25) is 4.79 Å². The van der Waals surface area contributed by atoms with Gasteiger partial charge in [0.15, 0.2) is 0 Å². The fourth-order valence-electron chi connectivity index (χ4n) is 1.59. The summed E-state index contributed by atoms with van der Waals surface area (Å²) in [5.74, 6) is -0.0472. The minimum atomic E-state index is -0.0472. The Morgan fingerprint density at radius 3 is 2.82 bits per heavy atom. The molecule has 0 saturated carbocycles. The van der Waals surface area contributed by atoms with Crippen molar-refractivity contribution in [3.8, 4) is 0 Å². The molecule has 0 saturated heterocycles. The average Bonchev–Trinajstić information content (AvgIpc) is 2.30. The van der Waals surface area contributed by atoms with Crippen LogP contribution in [0.1, 0.15) is 49.9 Å². The van der Waals surface area contributed by atoms with Gasteiger partial charge in [-0.1, -0.05) is 26.2 Å². The molecule has 0 aliphatic rings. The van der Waals surface area contributed by atoms with E-state index in [4.69, 9.17) is 0 Å². The maximum absolute atomic E-state index is 11.8. The van der Waals surface area contributed by atoms with Crippen LogP contribution in [-0.4, -0.2) is 16.9 Å². The standard InChI is InChI=1S/C13H19BrN2O/c1-3-4-5-6-10(2)16-13(17)11-7-8-12(14)15-9-11/h7-10H,3-6H2,1-2H3,(H,16,17). The van der Waals surface area contributed by atoms with Crippen molar-refractivity contribution in [2.45, 2.75) is 45.6 Å². The second-order valence-electron chi connectivity index (χ2n) is 4.24. The molecule has 1 rings (SSSR count). The molecule has 0 fully saturated rings. The van der Waals surface area contributed by atoms with E-state index < -0.39 is 0 Å². The zero-order valence-electron chi connectivity index (χ0n) is 10.4. The molecule has 94 valence electrons. The van der Waals surface area contributed by atoms with Gasteiger partial charge in [0.05, 0.1) is 5.56 Å². The number of carbonyl (C=O) groups excluding carboxylic acids is 1. The van der Waals surface area contributed by atoms with Crippen molar-refractivity contribution in [2.24, 2.45) is 0 Å². The van der Waals surface area contributed by atoms with Gasteiger partial charge in [-0.25, -0.2) is 4.98 Å². The highest BCUT2D eigenvalue weighted by molar-refractivity contribution is 9.10. The van der Waals surface area contributed by atoms with Crippen molar-refractivity contribution in [3.63, 3.8) is 0 Å². The Bertz CT molecular complexity index is 351. The van der Waals surface area contributed by atoms with Crippen LogP contribution in [0.25, 0.3) is 0 Å². The lowest BCUT2D eigenvalue weighted by molar-refractivity contribution is 0.0937. The molecule has 4 heteroatoms. The van der Waals surface area contributed by atoms with E-state index in [-0.39, 0.29) is 11.9 Å². The molecule has 1 aromatic rings. The number of aromatic nitrogens is 1. The Morgan fingerprint density at radius 2 is 2.24 bits per heavy atom. The first-order chi connectivity index (χ1) is 8.13. The van der Waals surface area contributed by atoms with Gasteiger partial charge in [0.25, 0.3) is 5.91 Å². The number of pyridine rings is 1. The summed E-state index contributed by atoms with van der Waals surface area (Å²) in [6.07, 6.45) is 6.20. The van der Waals surface area contributed by atoms with Crippen LogP contribution in [-0.2, 0) is 0 Å².